The summed E-state index contributed by atoms with van der Waals surface area (Å²) >= 11 is 0. The number of aliphatic hydroxyl groups is 1. The molecule has 1 aromatic carbocycles. The molecule has 1 aromatic rings. The fraction of sp³-hybridized carbons (Fsp3) is 0.538. The van der Waals surface area contributed by atoms with E-state index in [1.54, 1.807) is 6.07 Å². The van der Waals surface area contributed by atoms with E-state index in [2.05, 4.69) is 4.72 Å². The lowest BCUT2D eigenvalue weighted by Gasteiger charge is -2.25. The van der Waals surface area contributed by atoms with Gasteiger partial charge in [0.1, 0.15) is 10.6 Å². The number of nitrogens with one attached hydrogen (secondary N) is 1. The van der Waals surface area contributed by atoms with Gasteiger partial charge in [-0.1, -0.05) is 12.5 Å². The normalized spacial score (nSPS) is 16.1. The Bertz CT molecular complexity index is 538. The second kappa shape index (κ2) is 5.90. The first kappa shape index (κ1) is 14.3. The Kier molecular flexibility index (Phi) is 4.44. The number of aliphatic hydroxyl groups excluding tert-OH is 1. The summed E-state index contributed by atoms with van der Waals surface area (Å²) in [6.45, 7) is 0.333. The largest absolute Gasteiger partial charge is 0.495 e. The lowest BCUT2D eigenvalue weighted by atomic mass is 9.86. The third-order valence-corrected chi connectivity index (χ3v) is 4.95. The molecule has 0 aliphatic heterocycles. The molecule has 106 valence electrons. The summed E-state index contributed by atoms with van der Waals surface area (Å²) in [6.07, 6.45) is 3.35. The first-order valence-corrected chi connectivity index (χ1v) is 7.82. The zero-order valence-corrected chi connectivity index (χ0v) is 11.7. The van der Waals surface area contributed by atoms with Crippen molar-refractivity contribution in [2.75, 3.05) is 13.7 Å². The minimum Gasteiger partial charge on any atom is -0.495 e. The van der Waals surface area contributed by atoms with E-state index < -0.39 is 10.0 Å². The molecule has 2 N–H and O–H groups in total. The van der Waals surface area contributed by atoms with Crippen LogP contribution in [-0.2, 0) is 16.6 Å². The van der Waals surface area contributed by atoms with E-state index in [-0.39, 0.29) is 17.3 Å². The molecule has 1 aliphatic carbocycles. The summed E-state index contributed by atoms with van der Waals surface area (Å²) in [4.78, 5) is 0.117. The smallest absolute Gasteiger partial charge is 0.244 e. The number of hydrogen-bond donors (Lipinski definition) is 2. The first-order chi connectivity index (χ1) is 9.06. The third-order valence-electron chi connectivity index (χ3n) is 3.49. The standard InChI is InChI=1S/C13H19NO4S/c1-18-12-7-11(9-15)5-6-13(12)19(16,17)14-8-10-3-2-4-10/h5-7,10,14-15H,2-4,8-9H2,1H3. The van der Waals surface area contributed by atoms with Gasteiger partial charge in [0.25, 0.3) is 0 Å². The van der Waals surface area contributed by atoms with Gasteiger partial charge in [0.15, 0.2) is 0 Å². The molecule has 0 spiro atoms. The number of methoxy groups -OCH3 is 1. The fourth-order valence-corrected chi connectivity index (χ4v) is 3.30. The summed E-state index contributed by atoms with van der Waals surface area (Å²) in [5, 5.41) is 9.05. The van der Waals surface area contributed by atoms with Gasteiger partial charge in [0.2, 0.25) is 10.0 Å². The van der Waals surface area contributed by atoms with Crippen LogP contribution in [0.2, 0.25) is 0 Å². The highest BCUT2D eigenvalue weighted by atomic mass is 32.2. The van der Waals surface area contributed by atoms with E-state index >= 15 is 0 Å². The van der Waals surface area contributed by atoms with Gasteiger partial charge in [-0.25, -0.2) is 13.1 Å². The average molecular weight is 285 g/mol. The lowest BCUT2D eigenvalue weighted by Crippen LogP contribution is -2.32. The molecular formula is C13H19NO4S. The van der Waals surface area contributed by atoms with Gasteiger partial charge < -0.3 is 9.84 Å². The molecule has 0 saturated heterocycles. The molecule has 6 heteroatoms. The highest BCUT2D eigenvalue weighted by Crippen LogP contribution is 2.28. The first-order valence-electron chi connectivity index (χ1n) is 6.34. The second-order valence-electron chi connectivity index (χ2n) is 4.79. The van der Waals surface area contributed by atoms with Crippen molar-refractivity contribution in [2.24, 2.45) is 5.92 Å². The highest BCUT2D eigenvalue weighted by molar-refractivity contribution is 7.89. The van der Waals surface area contributed by atoms with Crippen molar-refractivity contribution in [3.63, 3.8) is 0 Å². The predicted octanol–water partition coefficient (Wildman–Crippen LogP) is 1.27. The van der Waals surface area contributed by atoms with Crippen LogP contribution < -0.4 is 9.46 Å². The van der Waals surface area contributed by atoms with Crippen LogP contribution >= 0.6 is 0 Å². The average Bonchev–Trinajstić information content (AvgIpc) is 2.35. The maximum Gasteiger partial charge on any atom is 0.244 e. The second-order valence-corrected chi connectivity index (χ2v) is 6.53. The van der Waals surface area contributed by atoms with Crippen LogP contribution in [0, 0.1) is 5.92 Å². The van der Waals surface area contributed by atoms with Crippen molar-refractivity contribution in [1.29, 1.82) is 0 Å². The van der Waals surface area contributed by atoms with E-state index in [9.17, 15) is 8.42 Å². The molecule has 1 fully saturated rings. The van der Waals surface area contributed by atoms with Gasteiger partial charge in [0, 0.05) is 6.54 Å². The van der Waals surface area contributed by atoms with Gasteiger partial charge in [-0.3, -0.25) is 0 Å². The van der Waals surface area contributed by atoms with Crippen molar-refractivity contribution in [3.05, 3.63) is 23.8 Å². The molecule has 1 aliphatic rings. The van der Waals surface area contributed by atoms with Crippen molar-refractivity contribution in [3.8, 4) is 5.75 Å². The Morgan fingerprint density at radius 3 is 2.68 bits per heavy atom. The molecule has 19 heavy (non-hydrogen) atoms. The highest BCUT2D eigenvalue weighted by Gasteiger charge is 2.23. The maximum atomic E-state index is 12.2. The van der Waals surface area contributed by atoms with Crippen LogP contribution in [0.25, 0.3) is 0 Å². The quantitative estimate of drug-likeness (QED) is 0.825. The lowest BCUT2D eigenvalue weighted by molar-refractivity contribution is 0.280. The molecule has 0 bridgehead atoms. The Morgan fingerprint density at radius 2 is 2.16 bits per heavy atom. The van der Waals surface area contributed by atoms with Crippen molar-refractivity contribution >= 4 is 10.0 Å². The van der Waals surface area contributed by atoms with Crippen LogP contribution in [0.1, 0.15) is 24.8 Å². The van der Waals surface area contributed by atoms with Crippen LogP contribution in [0.15, 0.2) is 23.1 Å². The molecular weight excluding hydrogens is 266 g/mol. The number of ether oxygens (including phenoxy) is 1. The number of rotatable bonds is 6. The van der Waals surface area contributed by atoms with Crippen molar-refractivity contribution in [2.45, 2.75) is 30.8 Å². The Labute approximate surface area is 113 Å². The van der Waals surface area contributed by atoms with E-state index in [1.807, 2.05) is 0 Å². The van der Waals surface area contributed by atoms with Gasteiger partial charge in [-0.15, -0.1) is 0 Å². The summed E-state index contributed by atoms with van der Waals surface area (Å²) < 4.78 is 32.1. The molecule has 0 aromatic heterocycles. The van der Waals surface area contributed by atoms with Gasteiger partial charge in [0.05, 0.1) is 13.7 Å². The SMILES string of the molecule is COc1cc(CO)ccc1S(=O)(=O)NCC1CCC1. The van der Waals surface area contributed by atoms with Crippen molar-refractivity contribution in [1.82, 2.24) is 4.72 Å². The Balaban J connectivity index is 2.18. The monoisotopic (exact) mass is 285 g/mol. The minimum absolute atomic E-state index is 0.117. The summed E-state index contributed by atoms with van der Waals surface area (Å²) in [7, 11) is -2.14. The summed E-state index contributed by atoms with van der Waals surface area (Å²) in [5.41, 5.74) is 0.620. The Hall–Kier alpha value is -1.11. The number of benzene rings is 1. The molecule has 0 radical (unpaired) electrons. The molecule has 1 saturated carbocycles. The molecule has 0 heterocycles. The predicted molar refractivity (Wildman–Crippen MR) is 71.4 cm³/mol. The number of sulfonamides is 1. The molecule has 5 nitrogen and oxygen atoms in total. The zero-order chi connectivity index (χ0) is 13.9. The Morgan fingerprint density at radius 1 is 1.42 bits per heavy atom. The van der Waals surface area contributed by atoms with Gasteiger partial charge in [-0.2, -0.15) is 0 Å². The topological polar surface area (TPSA) is 75.6 Å². The third kappa shape index (κ3) is 3.26. The molecule has 0 unspecified atom stereocenters. The molecule has 0 amide bonds. The van der Waals surface area contributed by atoms with Crippen LogP contribution in [0.4, 0.5) is 0 Å². The maximum absolute atomic E-state index is 12.2. The molecule has 2 rings (SSSR count). The summed E-state index contributed by atoms with van der Waals surface area (Å²) in [5.74, 6) is 0.713. The van der Waals surface area contributed by atoms with E-state index in [0.29, 0.717) is 18.0 Å². The van der Waals surface area contributed by atoms with E-state index in [4.69, 9.17) is 9.84 Å². The van der Waals surface area contributed by atoms with Gasteiger partial charge >= 0.3 is 0 Å². The minimum atomic E-state index is -3.56. The van der Waals surface area contributed by atoms with E-state index in [0.717, 1.165) is 12.8 Å². The van der Waals surface area contributed by atoms with Crippen LogP contribution in [-0.4, -0.2) is 27.2 Å². The zero-order valence-electron chi connectivity index (χ0n) is 10.9. The molecule has 0 atom stereocenters. The number of hydrogen-bond acceptors (Lipinski definition) is 4. The van der Waals surface area contributed by atoms with E-state index in [1.165, 1.54) is 25.7 Å². The van der Waals surface area contributed by atoms with Crippen molar-refractivity contribution < 1.29 is 18.3 Å². The fourth-order valence-electron chi connectivity index (χ4n) is 2.03. The van der Waals surface area contributed by atoms with Crippen LogP contribution in [0.5, 0.6) is 5.75 Å². The van der Waals surface area contributed by atoms with Crippen LogP contribution in [0.3, 0.4) is 0 Å². The van der Waals surface area contributed by atoms with Gasteiger partial charge in [-0.05, 0) is 36.5 Å². The summed E-state index contributed by atoms with van der Waals surface area (Å²) in [6, 6.07) is 4.59.